The van der Waals surface area contributed by atoms with Gasteiger partial charge in [0.15, 0.2) is 0 Å². The molecule has 1 atom stereocenters. The zero-order valence-corrected chi connectivity index (χ0v) is 14.6. The highest BCUT2D eigenvalue weighted by Gasteiger charge is 2.24. The van der Waals surface area contributed by atoms with Crippen LogP contribution in [0.4, 0.5) is 0 Å². The number of hydrogen-bond acceptors (Lipinski definition) is 3. The van der Waals surface area contributed by atoms with Crippen LogP contribution in [0.15, 0.2) is 42.7 Å². The lowest BCUT2D eigenvalue weighted by Crippen LogP contribution is -2.35. The summed E-state index contributed by atoms with van der Waals surface area (Å²) in [6.07, 6.45) is 6.33. The van der Waals surface area contributed by atoms with Crippen molar-refractivity contribution in [1.82, 2.24) is 19.4 Å². The molecule has 0 aliphatic carbocycles. The van der Waals surface area contributed by atoms with Gasteiger partial charge >= 0.3 is 0 Å². The monoisotopic (exact) mass is 340 g/mol. The molecule has 0 unspecified atom stereocenters. The number of piperidine rings is 1. The van der Waals surface area contributed by atoms with E-state index in [0.29, 0.717) is 5.92 Å². The normalized spacial score (nSPS) is 19.0. The van der Waals surface area contributed by atoms with Crippen LogP contribution in [-0.2, 0) is 13.6 Å². The van der Waals surface area contributed by atoms with Crippen molar-refractivity contribution in [3.63, 3.8) is 0 Å². The first-order valence-electron chi connectivity index (χ1n) is 8.44. The second-order valence-corrected chi connectivity index (χ2v) is 6.99. The van der Waals surface area contributed by atoms with Crippen molar-refractivity contribution in [3.8, 4) is 0 Å². The van der Waals surface area contributed by atoms with E-state index in [1.54, 1.807) is 0 Å². The number of nitrogens with zero attached hydrogens (tertiary/aromatic N) is 4. The topological polar surface area (TPSA) is 34.0 Å². The number of hydrogen-bond donors (Lipinski definition) is 0. The Kier molecular flexibility index (Phi) is 4.25. The third-order valence-corrected chi connectivity index (χ3v) is 5.15. The van der Waals surface area contributed by atoms with E-state index in [4.69, 9.17) is 16.6 Å². The smallest absolute Gasteiger partial charge is 0.112 e. The molecule has 3 heterocycles. The molecule has 0 bridgehead atoms. The number of para-hydroxylation sites is 1. The van der Waals surface area contributed by atoms with Crippen LogP contribution in [0.1, 0.15) is 30.3 Å². The maximum atomic E-state index is 6.29. The summed E-state index contributed by atoms with van der Waals surface area (Å²) in [7, 11) is 2.08. The molecular formula is C19H21ClN4. The molecule has 3 aromatic rings. The maximum Gasteiger partial charge on any atom is 0.112 e. The minimum Gasteiger partial charge on any atom is -0.338 e. The van der Waals surface area contributed by atoms with E-state index in [2.05, 4.69) is 39.7 Å². The highest BCUT2D eigenvalue weighted by atomic mass is 35.5. The highest BCUT2D eigenvalue weighted by molar-refractivity contribution is 6.35. The lowest BCUT2D eigenvalue weighted by atomic mass is 9.97. The van der Waals surface area contributed by atoms with Crippen molar-refractivity contribution in [2.24, 2.45) is 7.05 Å². The number of rotatable bonds is 3. The first-order chi connectivity index (χ1) is 11.7. The van der Waals surface area contributed by atoms with Gasteiger partial charge in [0.25, 0.3) is 0 Å². The van der Waals surface area contributed by atoms with Crippen molar-refractivity contribution in [2.75, 3.05) is 13.1 Å². The predicted octanol–water partition coefficient (Wildman–Crippen LogP) is 4.00. The van der Waals surface area contributed by atoms with E-state index in [1.165, 1.54) is 18.7 Å². The van der Waals surface area contributed by atoms with E-state index in [9.17, 15) is 0 Å². The van der Waals surface area contributed by atoms with Gasteiger partial charge in [0.2, 0.25) is 0 Å². The Bertz CT molecular complexity index is 857. The van der Waals surface area contributed by atoms with Crippen molar-refractivity contribution in [1.29, 1.82) is 0 Å². The molecule has 0 radical (unpaired) electrons. The molecule has 0 N–H and O–H groups in total. The fourth-order valence-electron chi connectivity index (χ4n) is 3.65. The largest absolute Gasteiger partial charge is 0.338 e. The van der Waals surface area contributed by atoms with E-state index >= 15 is 0 Å². The quantitative estimate of drug-likeness (QED) is 0.722. The number of imidazole rings is 1. The average Bonchev–Trinajstić information content (AvgIpc) is 3.02. The van der Waals surface area contributed by atoms with Gasteiger partial charge in [0.05, 0.1) is 16.2 Å². The van der Waals surface area contributed by atoms with Gasteiger partial charge < -0.3 is 4.57 Å². The molecule has 0 saturated carbocycles. The Labute approximate surface area is 147 Å². The maximum absolute atomic E-state index is 6.29. The molecule has 4 nitrogen and oxygen atoms in total. The SMILES string of the molecule is Cn1ccnc1[C@@H]1CCCN(Cc2ccc3cccc(Cl)c3n2)C1. The van der Waals surface area contributed by atoms with Crippen LogP contribution in [0.5, 0.6) is 0 Å². The van der Waals surface area contributed by atoms with Crippen LogP contribution in [-0.4, -0.2) is 32.5 Å². The Balaban J connectivity index is 1.52. The average molecular weight is 341 g/mol. The number of aryl methyl sites for hydroxylation is 1. The third-order valence-electron chi connectivity index (χ3n) is 4.84. The summed E-state index contributed by atoms with van der Waals surface area (Å²) in [5.41, 5.74) is 1.98. The summed E-state index contributed by atoms with van der Waals surface area (Å²) in [5, 5.41) is 1.81. The predicted molar refractivity (Wildman–Crippen MR) is 97.2 cm³/mol. The van der Waals surface area contributed by atoms with Gasteiger partial charge in [0, 0.05) is 43.8 Å². The number of benzene rings is 1. The summed E-state index contributed by atoms with van der Waals surface area (Å²) in [4.78, 5) is 11.8. The highest BCUT2D eigenvalue weighted by Crippen LogP contribution is 2.27. The van der Waals surface area contributed by atoms with Gasteiger partial charge in [-0.2, -0.15) is 0 Å². The van der Waals surface area contributed by atoms with Gasteiger partial charge in [-0.25, -0.2) is 9.97 Å². The van der Waals surface area contributed by atoms with Gasteiger partial charge in [-0.3, -0.25) is 4.90 Å². The van der Waals surface area contributed by atoms with E-state index in [0.717, 1.165) is 41.3 Å². The fourth-order valence-corrected chi connectivity index (χ4v) is 3.87. The lowest BCUT2D eigenvalue weighted by Gasteiger charge is -2.32. The molecule has 124 valence electrons. The summed E-state index contributed by atoms with van der Waals surface area (Å²) in [6, 6.07) is 10.1. The number of pyridine rings is 1. The number of halogens is 1. The minimum absolute atomic E-state index is 0.503. The molecule has 2 aromatic heterocycles. The minimum atomic E-state index is 0.503. The van der Waals surface area contributed by atoms with Crippen molar-refractivity contribution < 1.29 is 0 Å². The van der Waals surface area contributed by atoms with Crippen LogP contribution >= 0.6 is 11.6 Å². The van der Waals surface area contributed by atoms with E-state index < -0.39 is 0 Å². The van der Waals surface area contributed by atoms with Gasteiger partial charge in [-0.05, 0) is 31.5 Å². The Morgan fingerprint density at radius 2 is 2.17 bits per heavy atom. The number of fused-ring (bicyclic) bond motifs is 1. The van der Waals surface area contributed by atoms with Crippen LogP contribution in [0.2, 0.25) is 5.02 Å². The molecule has 24 heavy (non-hydrogen) atoms. The fraction of sp³-hybridized carbons (Fsp3) is 0.368. The molecule has 0 spiro atoms. The van der Waals surface area contributed by atoms with Crippen molar-refractivity contribution >= 4 is 22.5 Å². The van der Waals surface area contributed by atoms with Crippen LogP contribution in [0.25, 0.3) is 10.9 Å². The van der Waals surface area contributed by atoms with E-state index in [-0.39, 0.29) is 0 Å². The molecule has 1 aromatic carbocycles. The molecule has 1 aliphatic rings. The van der Waals surface area contributed by atoms with Crippen molar-refractivity contribution in [3.05, 3.63) is 59.3 Å². The Hall–Kier alpha value is -1.91. The van der Waals surface area contributed by atoms with Crippen LogP contribution in [0.3, 0.4) is 0 Å². The molecule has 0 amide bonds. The number of aromatic nitrogens is 3. The summed E-state index contributed by atoms with van der Waals surface area (Å²) < 4.78 is 2.14. The first-order valence-corrected chi connectivity index (χ1v) is 8.82. The summed E-state index contributed by atoms with van der Waals surface area (Å²) in [5.74, 6) is 1.69. The zero-order valence-electron chi connectivity index (χ0n) is 13.8. The molecule has 1 fully saturated rings. The third kappa shape index (κ3) is 3.04. The Morgan fingerprint density at radius 3 is 3.00 bits per heavy atom. The van der Waals surface area contributed by atoms with Crippen LogP contribution < -0.4 is 0 Å². The molecule has 1 aliphatic heterocycles. The first kappa shape index (κ1) is 15.6. The standard InChI is InChI=1S/C19H21ClN4/c1-23-11-9-21-19(23)15-5-3-10-24(12-15)13-16-8-7-14-4-2-6-17(20)18(14)22-16/h2,4,6-9,11,15H,3,5,10,12-13H2,1H3/t15-/m1/s1. The molecular weight excluding hydrogens is 320 g/mol. The second-order valence-electron chi connectivity index (χ2n) is 6.58. The summed E-state index contributed by atoms with van der Waals surface area (Å²) in [6.45, 7) is 3.01. The Morgan fingerprint density at radius 1 is 1.25 bits per heavy atom. The van der Waals surface area contributed by atoms with Gasteiger partial charge in [0.1, 0.15) is 5.82 Å². The van der Waals surface area contributed by atoms with Gasteiger partial charge in [-0.15, -0.1) is 0 Å². The van der Waals surface area contributed by atoms with Crippen molar-refractivity contribution in [2.45, 2.75) is 25.3 Å². The zero-order chi connectivity index (χ0) is 16.5. The second kappa shape index (κ2) is 6.54. The van der Waals surface area contributed by atoms with Gasteiger partial charge in [-0.1, -0.05) is 29.8 Å². The molecule has 1 saturated heterocycles. The lowest BCUT2D eigenvalue weighted by molar-refractivity contribution is 0.193. The molecule has 4 rings (SSSR count). The van der Waals surface area contributed by atoms with E-state index in [1.807, 2.05) is 24.5 Å². The molecule has 5 heteroatoms. The number of likely N-dealkylation sites (tertiary alicyclic amines) is 1. The summed E-state index contributed by atoms with van der Waals surface area (Å²) >= 11 is 6.29. The van der Waals surface area contributed by atoms with Crippen LogP contribution in [0, 0.1) is 0 Å².